The Labute approximate surface area is 107 Å². The number of carbonyl (C=O) groups is 1. The van der Waals surface area contributed by atoms with Gasteiger partial charge in [-0.1, -0.05) is 6.92 Å². The lowest BCUT2D eigenvalue weighted by atomic mass is 10.2. The Morgan fingerprint density at radius 1 is 1.53 bits per heavy atom. The van der Waals surface area contributed by atoms with Gasteiger partial charge in [0.2, 0.25) is 5.91 Å². The predicted octanol–water partition coefficient (Wildman–Crippen LogP) is 1.93. The second-order valence-corrected chi connectivity index (χ2v) is 5.57. The quantitative estimate of drug-likeness (QED) is 0.778. The Balaban J connectivity index is 1.62. The molecule has 3 nitrogen and oxygen atoms in total. The van der Waals surface area contributed by atoms with Gasteiger partial charge in [0.15, 0.2) is 0 Å². The molecule has 1 heterocycles. The third-order valence-corrected chi connectivity index (χ3v) is 4.04. The molecule has 0 saturated heterocycles. The molecule has 2 rings (SSSR count). The van der Waals surface area contributed by atoms with Gasteiger partial charge in [0, 0.05) is 18.0 Å². The van der Waals surface area contributed by atoms with Crippen LogP contribution in [0, 0.1) is 5.92 Å². The molecule has 94 valence electrons. The van der Waals surface area contributed by atoms with Gasteiger partial charge in [-0.3, -0.25) is 4.79 Å². The van der Waals surface area contributed by atoms with Crippen molar-refractivity contribution in [1.82, 2.24) is 10.6 Å². The summed E-state index contributed by atoms with van der Waals surface area (Å²) in [4.78, 5) is 12.8. The molecule has 2 N–H and O–H groups in total. The number of thiophene rings is 1. The standard InChI is InChI=1S/C13H20N2OS/c1-2-11-5-6-17-12(11)8-14-9-13(16)15-7-10-3-4-10/h5-6,10,14H,2-4,7-9H2,1H3,(H,15,16). The molecule has 0 atom stereocenters. The number of carbonyl (C=O) groups excluding carboxylic acids is 1. The van der Waals surface area contributed by atoms with E-state index in [0.717, 1.165) is 25.4 Å². The Hall–Kier alpha value is -0.870. The third kappa shape index (κ3) is 4.13. The zero-order valence-electron chi connectivity index (χ0n) is 10.3. The Kier molecular flexibility index (Phi) is 4.57. The first-order chi connectivity index (χ1) is 8.29. The molecule has 1 saturated carbocycles. The summed E-state index contributed by atoms with van der Waals surface area (Å²) in [7, 11) is 0. The second kappa shape index (κ2) is 6.17. The smallest absolute Gasteiger partial charge is 0.233 e. The fraction of sp³-hybridized carbons (Fsp3) is 0.615. The molecule has 1 aromatic heterocycles. The molecule has 0 bridgehead atoms. The van der Waals surface area contributed by atoms with Crippen LogP contribution in [0.1, 0.15) is 30.2 Å². The molecule has 1 amide bonds. The molecule has 1 aromatic rings. The van der Waals surface area contributed by atoms with Crippen molar-refractivity contribution in [1.29, 1.82) is 0 Å². The molecule has 0 spiro atoms. The van der Waals surface area contributed by atoms with Gasteiger partial charge in [0.25, 0.3) is 0 Å². The lowest BCUT2D eigenvalue weighted by Gasteiger charge is -2.06. The van der Waals surface area contributed by atoms with Crippen LogP contribution in [-0.2, 0) is 17.8 Å². The highest BCUT2D eigenvalue weighted by Gasteiger charge is 2.21. The fourth-order valence-electron chi connectivity index (χ4n) is 1.77. The summed E-state index contributed by atoms with van der Waals surface area (Å²) in [5, 5.41) is 8.27. The van der Waals surface area contributed by atoms with Gasteiger partial charge in [-0.2, -0.15) is 0 Å². The van der Waals surface area contributed by atoms with Gasteiger partial charge in [-0.05, 0) is 42.2 Å². The van der Waals surface area contributed by atoms with Crippen molar-refractivity contribution in [2.24, 2.45) is 5.92 Å². The highest BCUT2D eigenvalue weighted by molar-refractivity contribution is 7.10. The Morgan fingerprint density at radius 2 is 2.35 bits per heavy atom. The number of hydrogen-bond acceptors (Lipinski definition) is 3. The molecule has 0 unspecified atom stereocenters. The summed E-state index contributed by atoms with van der Waals surface area (Å²) < 4.78 is 0. The minimum Gasteiger partial charge on any atom is -0.355 e. The maximum absolute atomic E-state index is 11.5. The Morgan fingerprint density at radius 3 is 3.06 bits per heavy atom. The first kappa shape index (κ1) is 12.6. The van der Waals surface area contributed by atoms with E-state index in [-0.39, 0.29) is 5.91 Å². The molecular weight excluding hydrogens is 232 g/mol. The van der Waals surface area contributed by atoms with Crippen molar-refractivity contribution >= 4 is 17.2 Å². The van der Waals surface area contributed by atoms with Crippen molar-refractivity contribution in [3.8, 4) is 0 Å². The normalized spacial score (nSPS) is 14.9. The monoisotopic (exact) mass is 252 g/mol. The van der Waals surface area contributed by atoms with Crippen LogP contribution in [0.15, 0.2) is 11.4 Å². The van der Waals surface area contributed by atoms with Crippen LogP contribution in [-0.4, -0.2) is 19.0 Å². The molecule has 0 aromatic carbocycles. The maximum atomic E-state index is 11.5. The number of aryl methyl sites for hydroxylation is 1. The summed E-state index contributed by atoms with van der Waals surface area (Å²) in [5.41, 5.74) is 1.39. The molecule has 4 heteroatoms. The SMILES string of the molecule is CCc1ccsc1CNCC(=O)NCC1CC1. The number of hydrogen-bond donors (Lipinski definition) is 2. The van der Waals surface area contributed by atoms with Crippen LogP contribution in [0.3, 0.4) is 0 Å². The van der Waals surface area contributed by atoms with E-state index in [1.165, 1.54) is 23.3 Å². The minimum absolute atomic E-state index is 0.117. The highest BCUT2D eigenvalue weighted by Crippen LogP contribution is 2.27. The maximum Gasteiger partial charge on any atom is 0.233 e. The molecule has 1 fully saturated rings. The van der Waals surface area contributed by atoms with E-state index >= 15 is 0 Å². The number of amides is 1. The summed E-state index contributed by atoms with van der Waals surface area (Å²) in [6.07, 6.45) is 3.62. The predicted molar refractivity (Wildman–Crippen MR) is 71.1 cm³/mol. The van der Waals surface area contributed by atoms with Gasteiger partial charge < -0.3 is 10.6 Å². The van der Waals surface area contributed by atoms with Crippen molar-refractivity contribution in [3.05, 3.63) is 21.9 Å². The summed E-state index contributed by atoms with van der Waals surface area (Å²) >= 11 is 1.76. The molecule has 17 heavy (non-hydrogen) atoms. The lowest BCUT2D eigenvalue weighted by molar-refractivity contribution is -0.120. The summed E-state index contributed by atoms with van der Waals surface area (Å²) in [6, 6.07) is 2.16. The van der Waals surface area contributed by atoms with Gasteiger partial charge >= 0.3 is 0 Å². The van der Waals surface area contributed by atoms with E-state index in [0.29, 0.717) is 6.54 Å². The third-order valence-electron chi connectivity index (χ3n) is 3.07. The zero-order valence-corrected chi connectivity index (χ0v) is 11.1. The van der Waals surface area contributed by atoms with Crippen molar-refractivity contribution in [2.75, 3.05) is 13.1 Å². The van der Waals surface area contributed by atoms with E-state index in [1.807, 2.05) is 0 Å². The van der Waals surface area contributed by atoms with E-state index in [9.17, 15) is 4.79 Å². The molecule has 1 aliphatic carbocycles. The topological polar surface area (TPSA) is 41.1 Å². The molecular formula is C13H20N2OS. The average molecular weight is 252 g/mol. The first-order valence-electron chi connectivity index (χ1n) is 6.32. The van der Waals surface area contributed by atoms with E-state index < -0.39 is 0 Å². The molecule has 1 aliphatic rings. The lowest BCUT2D eigenvalue weighted by Crippen LogP contribution is -2.34. The van der Waals surface area contributed by atoms with E-state index in [2.05, 4.69) is 29.0 Å². The van der Waals surface area contributed by atoms with Gasteiger partial charge in [-0.15, -0.1) is 11.3 Å². The van der Waals surface area contributed by atoms with Gasteiger partial charge in [0.1, 0.15) is 0 Å². The van der Waals surface area contributed by atoms with Crippen molar-refractivity contribution in [2.45, 2.75) is 32.7 Å². The zero-order chi connectivity index (χ0) is 12.1. The minimum atomic E-state index is 0.117. The molecule has 0 aliphatic heterocycles. The van der Waals surface area contributed by atoms with Gasteiger partial charge in [-0.25, -0.2) is 0 Å². The Bertz CT molecular complexity index is 371. The van der Waals surface area contributed by atoms with E-state index in [1.54, 1.807) is 11.3 Å². The van der Waals surface area contributed by atoms with Crippen LogP contribution in [0.5, 0.6) is 0 Å². The van der Waals surface area contributed by atoms with Crippen LogP contribution in [0.2, 0.25) is 0 Å². The fourth-order valence-corrected chi connectivity index (χ4v) is 2.72. The number of rotatable bonds is 7. The average Bonchev–Trinajstić information content (AvgIpc) is 3.05. The van der Waals surface area contributed by atoms with Crippen LogP contribution in [0.4, 0.5) is 0 Å². The van der Waals surface area contributed by atoms with Crippen LogP contribution < -0.4 is 10.6 Å². The first-order valence-corrected chi connectivity index (χ1v) is 7.20. The van der Waals surface area contributed by atoms with Gasteiger partial charge in [0.05, 0.1) is 6.54 Å². The highest BCUT2D eigenvalue weighted by atomic mass is 32.1. The van der Waals surface area contributed by atoms with Crippen molar-refractivity contribution in [3.63, 3.8) is 0 Å². The molecule has 0 radical (unpaired) electrons. The van der Waals surface area contributed by atoms with Crippen molar-refractivity contribution < 1.29 is 4.79 Å². The summed E-state index contributed by atoms with van der Waals surface area (Å²) in [5.74, 6) is 0.870. The van der Waals surface area contributed by atoms with E-state index in [4.69, 9.17) is 0 Å². The summed E-state index contributed by atoms with van der Waals surface area (Å²) in [6.45, 7) is 4.25. The van der Waals surface area contributed by atoms with Crippen LogP contribution >= 0.6 is 11.3 Å². The van der Waals surface area contributed by atoms with Crippen LogP contribution in [0.25, 0.3) is 0 Å². The second-order valence-electron chi connectivity index (χ2n) is 4.57. The number of nitrogens with one attached hydrogen (secondary N) is 2. The largest absolute Gasteiger partial charge is 0.355 e.